The van der Waals surface area contributed by atoms with Crippen LogP contribution in [0.4, 0.5) is 5.69 Å². The Bertz CT molecular complexity index is 943. The van der Waals surface area contributed by atoms with Crippen molar-refractivity contribution < 1.29 is 14.6 Å². The molecule has 9 heteroatoms. The molecule has 28 heavy (non-hydrogen) atoms. The van der Waals surface area contributed by atoms with Crippen molar-refractivity contribution in [2.45, 2.75) is 26.2 Å². The van der Waals surface area contributed by atoms with E-state index in [-0.39, 0.29) is 48.3 Å². The SMILES string of the molecule is COc1c(Cl)cc(Cl)cc1C(=O)NC(=S)Nc1cc(C(C)(C)C)cc(Cl)c1O. The van der Waals surface area contributed by atoms with Crippen LogP contribution < -0.4 is 15.4 Å². The smallest absolute Gasteiger partial charge is 0.261 e. The van der Waals surface area contributed by atoms with Crippen LogP contribution in [0.3, 0.4) is 0 Å². The van der Waals surface area contributed by atoms with Gasteiger partial charge in [-0.2, -0.15) is 0 Å². The van der Waals surface area contributed by atoms with Gasteiger partial charge in [0, 0.05) is 5.02 Å². The number of thiocarbonyl (C=S) groups is 1. The van der Waals surface area contributed by atoms with E-state index in [1.165, 1.54) is 19.2 Å². The molecule has 1 amide bonds. The maximum absolute atomic E-state index is 12.6. The Balaban J connectivity index is 2.26. The number of hydrogen-bond donors (Lipinski definition) is 3. The van der Waals surface area contributed by atoms with Gasteiger partial charge in [-0.15, -0.1) is 0 Å². The van der Waals surface area contributed by atoms with Crippen LogP contribution in [0.2, 0.25) is 15.1 Å². The molecule has 2 aromatic rings. The van der Waals surface area contributed by atoms with Gasteiger partial charge in [0.05, 0.1) is 28.4 Å². The first-order valence-electron chi connectivity index (χ1n) is 8.12. The molecule has 0 saturated heterocycles. The van der Waals surface area contributed by atoms with Gasteiger partial charge in [0.2, 0.25) is 0 Å². The number of phenolic OH excluding ortho intramolecular Hbond substituents is 1. The Morgan fingerprint density at radius 1 is 1.11 bits per heavy atom. The Kier molecular flexibility index (Phi) is 7.04. The minimum atomic E-state index is -0.573. The van der Waals surface area contributed by atoms with Crippen molar-refractivity contribution in [2.24, 2.45) is 0 Å². The second-order valence-electron chi connectivity index (χ2n) is 6.98. The highest BCUT2D eigenvalue weighted by Crippen LogP contribution is 2.37. The minimum absolute atomic E-state index is 0.0411. The molecule has 5 nitrogen and oxygen atoms in total. The van der Waals surface area contributed by atoms with Gasteiger partial charge in [-0.1, -0.05) is 55.6 Å². The van der Waals surface area contributed by atoms with Crippen molar-refractivity contribution in [3.05, 3.63) is 50.5 Å². The summed E-state index contributed by atoms with van der Waals surface area (Å²) in [5, 5.41) is 16.1. The number of rotatable bonds is 3. The monoisotopic (exact) mass is 460 g/mol. The first-order chi connectivity index (χ1) is 12.9. The van der Waals surface area contributed by atoms with Crippen molar-refractivity contribution in [2.75, 3.05) is 12.4 Å². The lowest BCUT2D eigenvalue weighted by molar-refractivity contribution is 0.0974. The third kappa shape index (κ3) is 5.20. The average molecular weight is 462 g/mol. The van der Waals surface area contributed by atoms with E-state index in [0.717, 1.165) is 5.56 Å². The fourth-order valence-electron chi connectivity index (χ4n) is 2.39. The van der Waals surface area contributed by atoms with E-state index in [2.05, 4.69) is 10.6 Å². The van der Waals surface area contributed by atoms with E-state index >= 15 is 0 Å². The number of benzene rings is 2. The summed E-state index contributed by atoms with van der Waals surface area (Å²) in [4.78, 5) is 12.6. The number of carbonyl (C=O) groups is 1. The Morgan fingerprint density at radius 3 is 2.32 bits per heavy atom. The van der Waals surface area contributed by atoms with Crippen LogP contribution in [-0.2, 0) is 5.41 Å². The molecule has 0 bridgehead atoms. The predicted octanol–water partition coefficient (Wildman–Crippen LogP) is 5.79. The van der Waals surface area contributed by atoms with Gasteiger partial charge in [-0.05, 0) is 47.5 Å². The van der Waals surface area contributed by atoms with Crippen molar-refractivity contribution >= 4 is 63.7 Å². The third-order valence-corrected chi connectivity index (χ3v) is 4.85. The summed E-state index contributed by atoms with van der Waals surface area (Å²) in [5.41, 5.74) is 1.08. The number of carbonyl (C=O) groups excluding carboxylic acids is 1. The molecular formula is C19H19Cl3N2O3S. The lowest BCUT2D eigenvalue weighted by atomic mass is 9.87. The topological polar surface area (TPSA) is 70.6 Å². The van der Waals surface area contributed by atoms with Crippen LogP contribution in [-0.4, -0.2) is 23.2 Å². The second kappa shape index (κ2) is 8.74. The fourth-order valence-corrected chi connectivity index (χ4v) is 3.38. The molecule has 3 N–H and O–H groups in total. The molecule has 0 aliphatic heterocycles. The number of hydrogen-bond acceptors (Lipinski definition) is 4. The molecule has 0 aliphatic carbocycles. The van der Waals surface area contributed by atoms with Gasteiger partial charge < -0.3 is 15.2 Å². The number of phenols is 1. The fraction of sp³-hybridized carbons (Fsp3) is 0.263. The molecule has 0 spiro atoms. The zero-order chi connectivity index (χ0) is 21.2. The molecular weight excluding hydrogens is 443 g/mol. The van der Waals surface area contributed by atoms with Gasteiger partial charge in [0.25, 0.3) is 5.91 Å². The highest BCUT2D eigenvalue weighted by molar-refractivity contribution is 7.80. The van der Waals surface area contributed by atoms with Crippen molar-refractivity contribution in [3.8, 4) is 11.5 Å². The largest absolute Gasteiger partial charge is 0.504 e. The van der Waals surface area contributed by atoms with Gasteiger partial charge in [-0.3, -0.25) is 10.1 Å². The number of ether oxygens (including phenoxy) is 1. The molecule has 150 valence electrons. The van der Waals surface area contributed by atoms with E-state index < -0.39 is 5.91 Å². The van der Waals surface area contributed by atoms with Crippen LogP contribution in [0.25, 0.3) is 0 Å². The van der Waals surface area contributed by atoms with Gasteiger partial charge in [0.1, 0.15) is 5.75 Å². The summed E-state index contributed by atoms with van der Waals surface area (Å²) in [6, 6.07) is 6.28. The number of amides is 1. The number of aromatic hydroxyl groups is 1. The third-order valence-electron chi connectivity index (χ3n) is 3.86. The van der Waals surface area contributed by atoms with Crippen LogP contribution in [0.15, 0.2) is 24.3 Å². The standard InChI is InChI=1S/C19H19Cl3N2O3S/c1-19(2,3)9-5-12(21)15(25)14(6-9)23-18(28)24-17(26)11-7-10(20)8-13(22)16(11)27-4/h5-8,25H,1-4H3,(H2,23,24,26,28). The van der Waals surface area contributed by atoms with Crippen molar-refractivity contribution in [1.82, 2.24) is 5.32 Å². The van der Waals surface area contributed by atoms with E-state index in [0.29, 0.717) is 0 Å². The average Bonchev–Trinajstić information content (AvgIpc) is 2.57. The van der Waals surface area contributed by atoms with E-state index in [1.807, 2.05) is 20.8 Å². The summed E-state index contributed by atoms with van der Waals surface area (Å²) in [7, 11) is 1.39. The highest BCUT2D eigenvalue weighted by atomic mass is 35.5. The highest BCUT2D eigenvalue weighted by Gasteiger charge is 2.21. The van der Waals surface area contributed by atoms with Gasteiger partial charge in [-0.25, -0.2) is 0 Å². The molecule has 0 heterocycles. The summed E-state index contributed by atoms with van der Waals surface area (Å²) >= 11 is 23.3. The number of methoxy groups -OCH3 is 1. The Hall–Kier alpha value is -1.73. The quantitative estimate of drug-likeness (QED) is 0.399. The number of nitrogens with one attached hydrogen (secondary N) is 2. The molecule has 2 aromatic carbocycles. The van der Waals surface area contributed by atoms with E-state index in [9.17, 15) is 9.90 Å². The maximum atomic E-state index is 12.6. The molecule has 0 atom stereocenters. The summed E-state index contributed by atoms with van der Waals surface area (Å²) in [6.07, 6.45) is 0. The Morgan fingerprint density at radius 2 is 1.75 bits per heavy atom. The summed E-state index contributed by atoms with van der Waals surface area (Å²) < 4.78 is 5.17. The molecule has 0 fully saturated rings. The summed E-state index contributed by atoms with van der Waals surface area (Å²) in [5.74, 6) is -0.571. The lowest BCUT2D eigenvalue weighted by Gasteiger charge is -2.22. The predicted molar refractivity (Wildman–Crippen MR) is 119 cm³/mol. The number of halogens is 3. The molecule has 0 radical (unpaired) electrons. The zero-order valence-corrected chi connectivity index (χ0v) is 18.7. The van der Waals surface area contributed by atoms with Crippen molar-refractivity contribution in [1.29, 1.82) is 0 Å². The molecule has 0 aliphatic rings. The van der Waals surface area contributed by atoms with E-state index in [1.54, 1.807) is 12.1 Å². The van der Waals surface area contributed by atoms with Crippen LogP contribution >= 0.6 is 47.0 Å². The lowest BCUT2D eigenvalue weighted by Crippen LogP contribution is -2.34. The number of anilines is 1. The van der Waals surface area contributed by atoms with E-state index in [4.69, 9.17) is 51.8 Å². The first kappa shape index (κ1) is 22.6. The first-order valence-corrected chi connectivity index (χ1v) is 9.66. The van der Waals surface area contributed by atoms with Crippen LogP contribution in [0, 0.1) is 0 Å². The molecule has 0 unspecified atom stereocenters. The van der Waals surface area contributed by atoms with Crippen molar-refractivity contribution in [3.63, 3.8) is 0 Å². The molecule has 2 rings (SSSR count). The minimum Gasteiger partial charge on any atom is -0.504 e. The normalized spacial score (nSPS) is 11.1. The second-order valence-corrected chi connectivity index (χ2v) is 8.64. The van der Waals surface area contributed by atoms with Crippen LogP contribution in [0.5, 0.6) is 11.5 Å². The molecule has 0 aromatic heterocycles. The molecule has 0 saturated carbocycles. The maximum Gasteiger partial charge on any atom is 0.261 e. The van der Waals surface area contributed by atoms with Gasteiger partial charge in [0.15, 0.2) is 10.9 Å². The van der Waals surface area contributed by atoms with Gasteiger partial charge >= 0.3 is 0 Å². The Labute approximate surface area is 183 Å². The van der Waals surface area contributed by atoms with Crippen LogP contribution in [0.1, 0.15) is 36.7 Å². The zero-order valence-electron chi connectivity index (χ0n) is 15.6. The summed E-state index contributed by atoms with van der Waals surface area (Å²) in [6.45, 7) is 6.03.